The van der Waals surface area contributed by atoms with Crippen LogP contribution < -0.4 is 14.3 Å². The zero-order valence-electron chi connectivity index (χ0n) is 26.7. The van der Waals surface area contributed by atoms with E-state index >= 15 is 0 Å². The predicted molar refractivity (Wildman–Crippen MR) is 193 cm³/mol. The molecule has 252 valence electrons. The van der Waals surface area contributed by atoms with Crippen LogP contribution in [0.3, 0.4) is 0 Å². The van der Waals surface area contributed by atoms with E-state index in [9.17, 15) is 18.3 Å². The number of benzene rings is 4. The van der Waals surface area contributed by atoms with Gasteiger partial charge in [0.25, 0.3) is 0 Å². The van der Waals surface area contributed by atoms with E-state index in [1.54, 1.807) is 42.7 Å². The second kappa shape index (κ2) is 13.9. The average molecular weight is 719 g/mol. The number of nitrogens with zero attached hydrogens (tertiary/aromatic N) is 2. The van der Waals surface area contributed by atoms with Crippen molar-refractivity contribution in [1.29, 1.82) is 0 Å². The van der Waals surface area contributed by atoms with Crippen molar-refractivity contribution in [2.24, 2.45) is 5.92 Å². The number of aromatic nitrogens is 2. The van der Waals surface area contributed by atoms with Crippen molar-refractivity contribution >= 4 is 50.9 Å². The van der Waals surface area contributed by atoms with Gasteiger partial charge in [0.05, 0.1) is 24.9 Å². The molecule has 10 nitrogen and oxygen atoms in total. The van der Waals surface area contributed by atoms with Crippen molar-refractivity contribution < 1.29 is 23.1 Å². The van der Waals surface area contributed by atoms with Crippen LogP contribution in [0.25, 0.3) is 22.3 Å². The number of halogens is 2. The van der Waals surface area contributed by atoms with Crippen LogP contribution in [0.4, 0.5) is 16.2 Å². The van der Waals surface area contributed by atoms with Crippen LogP contribution in [-0.2, 0) is 21.4 Å². The Hall–Kier alpha value is -4.97. The van der Waals surface area contributed by atoms with Gasteiger partial charge in [-0.2, -0.15) is 8.42 Å². The van der Waals surface area contributed by atoms with Crippen molar-refractivity contribution in [2.75, 3.05) is 16.7 Å². The van der Waals surface area contributed by atoms with Gasteiger partial charge in [-0.15, -0.1) is 0 Å². The number of methoxy groups -OCH3 is 1. The maximum atomic E-state index is 13.1. The largest absolute Gasteiger partial charge is 0.493 e. The summed E-state index contributed by atoms with van der Waals surface area (Å²) in [6.45, 7) is 4.24. The van der Waals surface area contributed by atoms with Crippen LogP contribution in [0, 0.1) is 5.92 Å². The van der Waals surface area contributed by atoms with Crippen LogP contribution in [0.15, 0.2) is 103 Å². The molecule has 1 unspecified atom stereocenters. The zero-order valence-corrected chi connectivity index (χ0v) is 29.1. The summed E-state index contributed by atoms with van der Waals surface area (Å²) in [7, 11) is -2.81. The molecule has 0 aliphatic carbocycles. The first kappa shape index (κ1) is 33.9. The van der Waals surface area contributed by atoms with E-state index in [0.29, 0.717) is 38.6 Å². The number of hydrogen-bond acceptors (Lipinski definition) is 6. The Morgan fingerprint density at radius 3 is 2.31 bits per heavy atom. The highest BCUT2D eigenvalue weighted by Gasteiger charge is 2.32. The van der Waals surface area contributed by atoms with Crippen LogP contribution >= 0.6 is 23.2 Å². The number of anilines is 2. The SMILES string of the molecule is COC(=O)Nc1cc(-c2ccc(C(c3ccc(-c4ccc(Cl)cc4Cl)c(N4C=C(O)NS4(=O)=O)c3)c3ncc[nH]3)cc2)ccc1CC(C)C. The van der Waals surface area contributed by atoms with Gasteiger partial charge in [0.15, 0.2) is 0 Å². The third-order valence-electron chi connectivity index (χ3n) is 8.08. The molecule has 0 radical (unpaired) electrons. The number of aliphatic hydroxyl groups excluding tert-OH is 1. The molecule has 2 heterocycles. The number of amides is 1. The molecule has 0 saturated heterocycles. The molecule has 1 atom stereocenters. The summed E-state index contributed by atoms with van der Waals surface area (Å²) in [5.41, 5.74) is 6.47. The number of H-pyrrole nitrogens is 1. The minimum atomic E-state index is -4.15. The molecule has 1 amide bonds. The van der Waals surface area contributed by atoms with Crippen molar-refractivity contribution in [3.05, 3.63) is 136 Å². The standard InChI is InChI=1S/C36H33Cl2N5O5S/c1-21(2)16-25-9-8-24(17-31(25)41-36(45)48-3)22-4-6-23(7-5-22)34(35-39-14-15-40-35)26-10-12-29(28-13-11-27(37)19-30(28)38)32(18-26)43-20-33(44)42-49(43,46)47/h4-15,17-21,34,42,44H,16H2,1-3H3,(H,39,40)(H,41,45). The van der Waals surface area contributed by atoms with Crippen molar-refractivity contribution in [3.63, 3.8) is 0 Å². The lowest BCUT2D eigenvalue weighted by Gasteiger charge is -2.23. The van der Waals surface area contributed by atoms with Crippen LogP contribution in [0.5, 0.6) is 0 Å². The number of nitrogens with one attached hydrogen (secondary N) is 3. The van der Waals surface area contributed by atoms with Gasteiger partial charge in [-0.25, -0.2) is 18.8 Å². The summed E-state index contributed by atoms with van der Waals surface area (Å²) in [5, 5.41) is 13.8. The fourth-order valence-electron chi connectivity index (χ4n) is 5.90. The van der Waals surface area contributed by atoms with E-state index in [2.05, 4.69) is 33.9 Å². The topological polar surface area (TPSA) is 137 Å². The Bertz CT molecular complexity index is 2150. The van der Waals surface area contributed by atoms with Crippen LogP contribution in [0.1, 0.15) is 42.3 Å². The Balaban J connectivity index is 1.44. The average Bonchev–Trinajstić information content (AvgIpc) is 3.68. The van der Waals surface area contributed by atoms with E-state index in [1.165, 1.54) is 7.11 Å². The predicted octanol–water partition coefficient (Wildman–Crippen LogP) is 8.62. The molecule has 0 saturated carbocycles. The van der Waals surface area contributed by atoms with Gasteiger partial charge in [0.2, 0.25) is 5.88 Å². The van der Waals surface area contributed by atoms with E-state index < -0.39 is 28.1 Å². The molecule has 0 fully saturated rings. The van der Waals surface area contributed by atoms with Gasteiger partial charge < -0.3 is 14.8 Å². The van der Waals surface area contributed by atoms with Crippen molar-refractivity contribution in [3.8, 4) is 22.3 Å². The molecule has 1 aromatic heterocycles. The number of rotatable bonds is 9. The van der Waals surface area contributed by atoms with E-state index in [4.69, 9.17) is 27.9 Å². The molecule has 1 aliphatic heterocycles. The number of ether oxygens (including phenoxy) is 1. The van der Waals surface area contributed by atoms with Gasteiger partial charge in [0, 0.05) is 39.3 Å². The lowest BCUT2D eigenvalue weighted by molar-refractivity contribution is 0.187. The number of carbonyl (C=O) groups excluding carboxylic acids is 1. The Morgan fingerprint density at radius 1 is 0.959 bits per heavy atom. The number of hydrogen-bond donors (Lipinski definition) is 4. The normalized spacial score (nSPS) is 14.3. The first-order valence-corrected chi connectivity index (χ1v) is 17.5. The van der Waals surface area contributed by atoms with Gasteiger partial charge >= 0.3 is 16.3 Å². The molecule has 1 aliphatic rings. The number of carbonyl (C=O) groups is 1. The molecule has 4 aromatic carbocycles. The van der Waals surface area contributed by atoms with Crippen molar-refractivity contribution in [1.82, 2.24) is 14.7 Å². The fourth-order valence-corrected chi connectivity index (χ4v) is 7.47. The second-order valence-electron chi connectivity index (χ2n) is 11.9. The maximum Gasteiger partial charge on any atom is 0.411 e. The summed E-state index contributed by atoms with van der Waals surface area (Å²) >= 11 is 12.7. The second-order valence-corrected chi connectivity index (χ2v) is 14.3. The Morgan fingerprint density at radius 2 is 1.67 bits per heavy atom. The lowest BCUT2D eigenvalue weighted by atomic mass is 9.87. The third-order valence-corrected chi connectivity index (χ3v) is 9.91. The van der Waals surface area contributed by atoms with Crippen molar-refractivity contribution in [2.45, 2.75) is 26.2 Å². The third kappa shape index (κ3) is 7.24. The minimum Gasteiger partial charge on any atom is -0.493 e. The van der Waals surface area contributed by atoms with Gasteiger partial charge in [-0.3, -0.25) is 5.32 Å². The summed E-state index contributed by atoms with van der Waals surface area (Å²) < 4.78 is 34.2. The summed E-state index contributed by atoms with van der Waals surface area (Å²) in [6.07, 6.45) is 4.74. The maximum absolute atomic E-state index is 13.1. The zero-order chi connectivity index (χ0) is 34.9. The first-order chi connectivity index (χ1) is 23.4. The highest BCUT2D eigenvalue weighted by Crippen LogP contribution is 2.42. The smallest absolute Gasteiger partial charge is 0.411 e. The van der Waals surface area contributed by atoms with Crippen LogP contribution in [-0.4, -0.2) is 36.7 Å². The van der Waals surface area contributed by atoms with Crippen LogP contribution in [0.2, 0.25) is 10.0 Å². The number of imidazole rings is 1. The number of aromatic amines is 1. The molecular formula is C36H33Cl2N5O5S. The fraction of sp³-hybridized carbons (Fsp3) is 0.167. The molecule has 13 heteroatoms. The van der Waals surface area contributed by atoms with Gasteiger partial charge in [-0.1, -0.05) is 91.6 Å². The van der Waals surface area contributed by atoms with E-state index in [0.717, 1.165) is 44.7 Å². The Kier molecular flexibility index (Phi) is 9.60. The molecule has 0 bridgehead atoms. The molecule has 5 aromatic rings. The summed E-state index contributed by atoms with van der Waals surface area (Å²) in [5.74, 6) is 0.0832. The minimum absolute atomic E-state index is 0.263. The molecule has 49 heavy (non-hydrogen) atoms. The van der Waals surface area contributed by atoms with Gasteiger partial charge in [0.1, 0.15) is 5.82 Å². The molecule has 4 N–H and O–H groups in total. The summed E-state index contributed by atoms with van der Waals surface area (Å²) in [6, 6.07) is 24.3. The van der Waals surface area contributed by atoms with Gasteiger partial charge in [-0.05, 0) is 64.4 Å². The van der Waals surface area contributed by atoms with E-state index in [-0.39, 0.29) is 5.69 Å². The highest BCUT2D eigenvalue weighted by atomic mass is 35.5. The number of aliphatic hydroxyl groups is 1. The summed E-state index contributed by atoms with van der Waals surface area (Å²) in [4.78, 5) is 19.9. The first-order valence-electron chi connectivity index (χ1n) is 15.3. The molecule has 0 spiro atoms. The van der Waals surface area contributed by atoms with E-state index in [1.807, 2.05) is 48.5 Å². The molecular weight excluding hydrogens is 685 g/mol. The monoisotopic (exact) mass is 717 g/mol. The lowest BCUT2D eigenvalue weighted by Crippen LogP contribution is -2.30. The highest BCUT2D eigenvalue weighted by molar-refractivity contribution is 7.91. The quantitative estimate of drug-likeness (QED) is 0.121. The Labute approximate surface area is 294 Å². The molecule has 6 rings (SSSR count).